The van der Waals surface area contributed by atoms with Gasteiger partial charge in [-0.05, 0) is 43.2 Å². The Bertz CT molecular complexity index is 1350. The third kappa shape index (κ3) is 9.09. The predicted molar refractivity (Wildman–Crippen MR) is 170 cm³/mol. The van der Waals surface area contributed by atoms with E-state index in [-0.39, 0.29) is 44.6 Å². The lowest BCUT2D eigenvalue weighted by atomic mass is 10.0. The fourth-order valence-electron chi connectivity index (χ4n) is 5.72. The summed E-state index contributed by atoms with van der Waals surface area (Å²) < 4.78 is 4.96. The molecule has 11 heteroatoms. The second kappa shape index (κ2) is 16.9. The van der Waals surface area contributed by atoms with E-state index >= 15 is 0 Å². The van der Waals surface area contributed by atoms with Gasteiger partial charge in [-0.1, -0.05) is 79.2 Å². The highest BCUT2D eigenvalue weighted by Gasteiger charge is 2.50. The number of terminal acetylenes is 1. The van der Waals surface area contributed by atoms with Crippen molar-refractivity contribution < 1.29 is 23.9 Å². The molecule has 0 radical (unpaired) electrons. The molecule has 2 saturated heterocycles. The van der Waals surface area contributed by atoms with Crippen LogP contribution in [0.1, 0.15) is 36.8 Å². The molecule has 2 atom stereocenters. The van der Waals surface area contributed by atoms with Gasteiger partial charge in [0.05, 0.1) is 19.6 Å². The number of hydrogen-bond donors (Lipinski definition) is 2. The first kappa shape index (κ1) is 33.1. The summed E-state index contributed by atoms with van der Waals surface area (Å²) in [5.41, 5.74) is 2.16. The minimum atomic E-state index is -0.797. The number of benzene rings is 2. The molecule has 2 heterocycles. The van der Waals surface area contributed by atoms with Crippen molar-refractivity contribution in [2.75, 3.05) is 39.3 Å². The van der Waals surface area contributed by atoms with E-state index in [1.807, 2.05) is 48.5 Å². The van der Waals surface area contributed by atoms with Crippen molar-refractivity contribution in [3.05, 3.63) is 84.4 Å². The largest absolute Gasteiger partial charge is 0.445 e. The van der Waals surface area contributed by atoms with Crippen molar-refractivity contribution in [2.45, 2.75) is 50.9 Å². The Hall–Kier alpha value is -4.82. The lowest BCUT2D eigenvalue weighted by molar-refractivity contribution is -0.189. The molecule has 0 aromatic heterocycles. The monoisotopic (exact) mass is 614 g/mol. The van der Waals surface area contributed by atoms with Crippen LogP contribution in [0.2, 0.25) is 0 Å². The van der Waals surface area contributed by atoms with Crippen LogP contribution >= 0.6 is 0 Å². The van der Waals surface area contributed by atoms with Crippen LogP contribution < -0.4 is 10.6 Å². The van der Waals surface area contributed by atoms with Crippen LogP contribution in [0.3, 0.4) is 0 Å². The van der Waals surface area contributed by atoms with Crippen LogP contribution in [0, 0.1) is 12.3 Å². The molecule has 2 aliphatic rings. The fourth-order valence-corrected chi connectivity index (χ4v) is 5.72. The van der Waals surface area contributed by atoms with Crippen LogP contribution in [0.5, 0.6) is 0 Å². The molecule has 2 aliphatic heterocycles. The minimum Gasteiger partial charge on any atom is -0.445 e. The summed E-state index contributed by atoms with van der Waals surface area (Å²) in [5.74, 6) is 2.12. The summed E-state index contributed by atoms with van der Waals surface area (Å²) in [7, 11) is 0. The van der Waals surface area contributed by atoms with E-state index in [0.717, 1.165) is 24.8 Å². The molecule has 5 amide bonds. The van der Waals surface area contributed by atoms with Gasteiger partial charge in [-0.15, -0.1) is 6.42 Å². The number of carbonyl (C=O) groups is 4. The first-order valence-corrected chi connectivity index (χ1v) is 15.4. The Labute approximate surface area is 265 Å². The number of fused-ring (bicyclic) bond motifs is 1. The number of aryl methyl sites for hydroxylation is 1. The van der Waals surface area contributed by atoms with Crippen LogP contribution in [0.15, 0.2) is 73.3 Å². The van der Waals surface area contributed by atoms with Gasteiger partial charge in [0.25, 0.3) is 0 Å². The van der Waals surface area contributed by atoms with Gasteiger partial charge >= 0.3 is 12.1 Å². The molecule has 0 unspecified atom stereocenters. The summed E-state index contributed by atoms with van der Waals surface area (Å²) in [4.78, 5) is 56.4. The molecule has 45 heavy (non-hydrogen) atoms. The number of ether oxygens (including phenoxy) is 1. The number of rotatable bonds is 14. The Morgan fingerprint density at radius 1 is 1.00 bits per heavy atom. The van der Waals surface area contributed by atoms with Gasteiger partial charge in [-0.2, -0.15) is 5.01 Å². The Morgan fingerprint density at radius 3 is 2.40 bits per heavy atom. The molecule has 4 rings (SSSR count). The van der Waals surface area contributed by atoms with Gasteiger partial charge in [-0.25, -0.2) is 14.6 Å². The smallest absolute Gasteiger partial charge is 0.407 e. The van der Waals surface area contributed by atoms with E-state index in [1.54, 1.807) is 9.91 Å². The van der Waals surface area contributed by atoms with Crippen molar-refractivity contribution in [3.63, 3.8) is 0 Å². The molecule has 2 fully saturated rings. The van der Waals surface area contributed by atoms with E-state index in [4.69, 9.17) is 11.2 Å². The molecular formula is C34H42N6O5. The van der Waals surface area contributed by atoms with E-state index in [0.29, 0.717) is 25.9 Å². The fraction of sp³-hybridized carbons (Fsp3) is 0.412. The van der Waals surface area contributed by atoms with E-state index in [9.17, 15) is 19.2 Å². The molecule has 2 N–H and O–H groups in total. The summed E-state index contributed by atoms with van der Waals surface area (Å²) in [6, 6.07) is 18.5. The van der Waals surface area contributed by atoms with E-state index < -0.39 is 24.3 Å². The standard InChI is InChI=1S/C34H42N6O5/c1-3-21-38-26-31(41)39-29(19-13-20-35-34(44)45-23-4-2)32(42)37(22-12-11-16-27-14-7-5-8-15-27)25-30(39)40(38)33(43)36-24-28-17-9-6-10-18-28/h1,4-10,14-15,17-18,29-30H,2,11-13,16,19-26H2,(H,35,44)(H,36,43)/t29-,30-/m0/s1. The summed E-state index contributed by atoms with van der Waals surface area (Å²) in [6.07, 6.45) is 9.07. The predicted octanol–water partition coefficient (Wildman–Crippen LogP) is 3.14. The van der Waals surface area contributed by atoms with Gasteiger partial charge in [0.2, 0.25) is 11.8 Å². The molecule has 2 aromatic rings. The number of alkyl carbamates (subject to hydrolysis) is 1. The second-order valence-electron chi connectivity index (χ2n) is 11.0. The molecule has 0 aliphatic carbocycles. The van der Waals surface area contributed by atoms with Gasteiger partial charge in [-0.3, -0.25) is 9.59 Å². The highest BCUT2D eigenvalue weighted by molar-refractivity contribution is 5.91. The highest BCUT2D eigenvalue weighted by atomic mass is 16.5. The number of piperazine rings is 1. The summed E-state index contributed by atoms with van der Waals surface area (Å²) in [6.45, 7) is 4.74. The van der Waals surface area contributed by atoms with Gasteiger partial charge < -0.3 is 25.2 Å². The van der Waals surface area contributed by atoms with Gasteiger partial charge in [0.1, 0.15) is 18.8 Å². The quantitative estimate of drug-likeness (QED) is 0.192. The van der Waals surface area contributed by atoms with Crippen LogP contribution in [0.4, 0.5) is 9.59 Å². The third-order valence-electron chi connectivity index (χ3n) is 7.84. The Morgan fingerprint density at radius 2 is 1.71 bits per heavy atom. The van der Waals surface area contributed by atoms with Crippen molar-refractivity contribution in [1.82, 2.24) is 30.5 Å². The first-order chi connectivity index (χ1) is 21.9. The topological polar surface area (TPSA) is 115 Å². The second-order valence-corrected chi connectivity index (χ2v) is 11.0. The average molecular weight is 615 g/mol. The number of nitrogens with one attached hydrogen (secondary N) is 2. The molecule has 0 bridgehead atoms. The number of urea groups is 1. The van der Waals surface area contributed by atoms with Gasteiger partial charge in [0, 0.05) is 19.6 Å². The normalized spacial score (nSPS) is 18.2. The van der Waals surface area contributed by atoms with Crippen LogP contribution in [-0.4, -0.2) is 95.3 Å². The molecule has 0 spiro atoms. The highest BCUT2D eigenvalue weighted by Crippen LogP contribution is 2.28. The van der Waals surface area contributed by atoms with Crippen LogP contribution in [0.25, 0.3) is 0 Å². The molecule has 11 nitrogen and oxygen atoms in total. The lowest BCUT2D eigenvalue weighted by Crippen LogP contribution is -2.76. The first-order valence-electron chi connectivity index (χ1n) is 15.4. The number of amides is 5. The van der Waals surface area contributed by atoms with E-state index in [1.165, 1.54) is 21.5 Å². The zero-order valence-electron chi connectivity index (χ0n) is 25.6. The number of nitrogens with zero attached hydrogens (tertiary/aromatic N) is 4. The zero-order valence-corrected chi connectivity index (χ0v) is 25.6. The van der Waals surface area contributed by atoms with Crippen molar-refractivity contribution in [2.24, 2.45) is 0 Å². The molecule has 0 saturated carbocycles. The molecule has 238 valence electrons. The maximum atomic E-state index is 13.9. The number of hydrogen-bond acceptors (Lipinski definition) is 6. The van der Waals surface area contributed by atoms with E-state index in [2.05, 4.69) is 35.3 Å². The molecular weight excluding hydrogens is 572 g/mol. The summed E-state index contributed by atoms with van der Waals surface area (Å²) >= 11 is 0. The number of hydrazine groups is 1. The third-order valence-corrected chi connectivity index (χ3v) is 7.84. The van der Waals surface area contributed by atoms with Crippen LogP contribution in [-0.2, 0) is 27.3 Å². The SMILES string of the molecule is C#CCN1CC(=O)N2[C@@H](CCCNC(=O)OCC=C)C(=O)N(CCCCc3ccccc3)C[C@@H]2N1C(=O)NCc1ccccc1. The van der Waals surface area contributed by atoms with Crippen molar-refractivity contribution >= 4 is 23.9 Å². The maximum absolute atomic E-state index is 13.9. The Balaban J connectivity index is 1.51. The van der Waals surface area contributed by atoms with Gasteiger partial charge in [0.15, 0.2) is 0 Å². The van der Waals surface area contributed by atoms with Crippen molar-refractivity contribution in [3.8, 4) is 12.3 Å². The number of unbranched alkanes of at least 4 members (excludes halogenated alkanes) is 1. The lowest BCUT2D eigenvalue weighted by Gasteiger charge is -2.55. The summed E-state index contributed by atoms with van der Waals surface area (Å²) in [5, 5.41) is 8.71. The zero-order chi connectivity index (χ0) is 32.0. The Kier molecular flexibility index (Phi) is 12.4. The number of carbonyl (C=O) groups excluding carboxylic acids is 4. The maximum Gasteiger partial charge on any atom is 0.407 e. The average Bonchev–Trinajstić information content (AvgIpc) is 3.05. The minimum absolute atomic E-state index is 0.0568. The molecule has 2 aromatic carbocycles. The van der Waals surface area contributed by atoms with Crippen molar-refractivity contribution in [1.29, 1.82) is 0 Å².